The Hall–Kier alpha value is -4.53. The SMILES string of the molecule is CC(C)(C)C(=O)Nc1ccc(C(=O)COC(=O)c2ccc3c(c2)C(=O)N(Cc2ccco2)C3=O)cc1. The van der Waals surface area contributed by atoms with Crippen molar-refractivity contribution in [3.05, 3.63) is 88.9 Å². The molecule has 0 atom stereocenters. The summed E-state index contributed by atoms with van der Waals surface area (Å²) in [5.74, 6) is -1.97. The zero-order valence-corrected chi connectivity index (χ0v) is 20.0. The topological polar surface area (TPSA) is 123 Å². The number of carbonyl (C=O) groups is 5. The van der Waals surface area contributed by atoms with Gasteiger partial charge in [0.2, 0.25) is 5.91 Å². The average Bonchev–Trinajstić information content (AvgIpc) is 3.45. The third-order valence-corrected chi connectivity index (χ3v) is 5.58. The molecule has 1 aromatic heterocycles. The van der Waals surface area contributed by atoms with E-state index in [9.17, 15) is 24.0 Å². The van der Waals surface area contributed by atoms with Gasteiger partial charge in [-0.2, -0.15) is 0 Å². The van der Waals surface area contributed by atoms with E-state index < -0.39 is 35.6 Å². The number of nitrogens with zero attached hydrogens (tertiary/aromatic N) is 1. The molecule has 3 amide bonds. The fourth-order valence-corrected chi connectivity index (χ4v) is 3.48. The molecule has 0 radical (unpaired) electrons. The number of hydrogen-bond acceptors (Lipinski definition) is 7. The van der Waals surface area contributed by atoms with E-state index in [1.54, 1.807) is 45.0 Å². The summed E-state index contributed by atoms with van der Waals surface area (Å²) in [5.41, 5.74) is 0.596. The summed E-state index contributed by atoms with van der Waals surface area (Å²) in [6, 6.07) is 13.6. The Morgan fingerprint density at radius 2 is 1.58 bits per heavy atom. The molecule has 2 aromatic carbocycles. The molecule has 9 nitrogen and oxygen atoms in total. The number of rotatable bonds is 7. The minimum absolute atomic E-state index is 0.0215. The molecule has 0 saturated heterocycles. The fraction of sp³-hybridized carbons (Fsp3) is 0.222. The Kier molecular flexibility index (Phi) is 6.57. The van der Waals surface area contributed by atoms with E-state index in [4.69, 9.17) is 9.15 Å². The first-order valence-corrected chi connectivity index (χ1v) is 11.2. The van der Waals surface area contributed by atoms with Crippen molar-refractivity contribution >= 4 is 35.2 Å². The Labute approximate surface area is 207 Å². The number of amides is 3. The zero-order valence-electron chi connectivity index (χ0n) is 20.0. The van der Waals surface area contributed by atoms with Gasteiger partial charge in [-0.3, -0.25) is 24.1 Å². The smallest absolute Gasteiger partial charge is 0.338 e. The largest absolute Gasteiger partial charge is 0.467 e. The Morgan fingerprint density at radius 1 is 0.917 bits per heavy atom. The van der Waals surface area contributed by atoms with Crippen LogP contribution in [0.2, 0.25) is 0 Å². The van der Waals surface area contributed by atoms with Crippen molar-refractivity contribution in [3.63, 3.8) is 0 Å². The van der Waals surface area contributed by atoms with E-state index >= 15 is 0 Å². The second-order valence-corrected chi connectivity index (χ2v) is 9.32. The van der Waals surface area contributed by atoms with Gasteiger partial charge in [-0.1, -0.05) is 20.8 Å². The number of benzene rings is 2. The van der Waals surface area contributed by atoms with Crippen LogP contribution in [0, 0.1) is 5.41 Å². The standard InChI is InChI=1S/C27H24N2O7/c1-27(2,3)26(34)28-18-9-6-16(7-10-18)22(30)15-36-25(33)17-8-11-20-21(13-17)24(32)29(23(20)31)14-19-5-4-12-35-19/h4-13H,14-15H2,1-3H3,(H,28,34). The van der Waals surface area contributed by atoms with Crippen molar-refractivity contribution in [2.24, 2.45) is 5.41 Å². The highest BCUT2D eigenvalue weighted by molar-refractivity contribution is 6.21. The molecule has 3 aromatic rings. The number of Topliss-reactive ketones (excluding diaryl/α,β-unsaturated/α-hetero) is 1. The van der Waals surface area contributed by atoms with Gasteiger partial charge in [-0.15, -0.1) is 0 Å². The van der Waals surface area contributed by atoms with Crippen LogP contribution in [0.4, 0.5) is 5.69 Å². The second kappa shape index (κ2) is 9.61. The minimum atomic E-state index is -0.801. The number of furan rings is 1. The first-order chi connectivity index (χ1) is 17.0. The summed E-state index contributed by atoms with van der Waals surface area (Å²) in [5, 5.41) is 2.77. The van der Waals surface area contributed by atoms with E-state index in [1.165, 1.54) is 36.6 Å². The van der Waals surface area contributed by atoms with Gasteiger partial charge in [-0.25, -0.2) is 4.79 Å². The van der Waals surface area contributed by atoms with Gasteiger partial charge in [0.05, 0.1) is 29.5 Å². The number of ketones is 1. The summed E-state index contributed by atoms with van der Waals surface area (Å²) in [6.07, 6.45) is 1.45. The summed E-state index contributed by atoms with van der Waals surface area (Å²) in [4.78, 5) is 63.5. The predicted octanol–water partition coefficient (Wildman–Crippen LogP) is 4.10. The summed E-state index contributed by atoms with van der Waals surface area (Å²) in [6.45, 7) is 4.84. The van der Waals surface area contributed by atoms with Crippen LogP contribution in [0.3, 0.4) is 0 Å². The molecule has 0 spiro atoms. The maximum atomic E-state index is 12.7. The van der Waals surface area contributed by atoms with Gasteiger partial charge in [0.15, 0.2) is 12.4 Å². The molecule has 4 rings (SSSR count). The lowest BCUT2D eigenvalue weighted by Gasteiger charge is -2.17. The molecule has 0 unspecified atom stereocenters. The lowest BCUT2D eigenvalue weighted by atomic mass is 9.95. The molecule has 9 heteroatoms. The first-order valence-electron chi connectivity index (χ1n) is 11.2. The predicted molar refractivity (Wildman–Crippen MR) is 128 cm³/mol. The Morgan fingerprint density at radius 3 is 2.22 bits per heavy atom. The fourth-order valence-electron chi connectivity index (χ4n) is 3.48. The highest BCUT2D eigenvalue weighted by Gasteiger charge is 2.36. The maximum Gasteiger partial charge on any atom is 0.338 e. The number of anilines is 1. The highest BCUT2D eigenvalue weighted by Crippen LogP contribution is 2.26. The third kappa shape index (κ3) is 5.10. The molecule has 1 aliphatic heterocycles. The number of hydrogen-bond donors (Lipinski definition) is 1. The van der Waals surface area contributed by atoms with Crippen LogP contribution in [0.15, 0.2) is 65.3 Å². The van der Waals surface area contributed by atoms with Gasteiger partial charge in [0.1, 0.15) is 5.76 Å². The first kappa shape index (κ1) is 24.6. The van der Waals surface area contributed by atoms with Crippen molar-refractivity contribution in [1.82, 2.24) is 4.90 Å². The summed E-state index contributed by atoms with van der Waals surface area (Å²) >= 11 is 0. The highest BCUT2D eigenvalue weighted by atomic mass is 16.5. The van der Waals surface area contributed by atoms with E-state index in [0.717, 1.165) is 4.90 Å². The van der Waals surface area contributed by atoms with Gasteiger partial charge in [0.25, 0.3) is 11.8 Å². The second-order valence-electron chi connectivity index (χ2n) is 9.32. The summed E-state index contributed by atoms with van der Waals surface area (Å²) < 4.78 is 10.3. The van der Waals surface area contributed by atoms with Crippen LogP contribution in [0.25, 0.3) is 0 Å². The zero-order chi connectivity index (χ0) is 26.0. The average molecular weight is 488 g/mol. The normalized spacial score (nSPS) is 12.9. The van der Waals surface area contributed by atoms with Gasteiger partial charge in [0, 0.05) is 16.7 Å². The number of carbonyl (C=O) groups excluding carboxylic acids is 5. The van der Waals surface area contributed by atoms with Crippen LogP contribution in [0.5, 0.6) is 0 Å². The molecule has 184 valence electrons. The molecule has 36 heavy (non-hydrogen) atoms. The Balaban J connectivity index is 1.37. The van der Waals surface area contributed by atoms with Crippen molar-refractivity contribution in [2.75, 3.05) is 11.9 Å². The van der Waals surface area contributed by atoms with Crippen molar-refractivity contribution in [1.29, 1.82) is 0 Å². The van der Waals surface area contributed by atoms with Crippen LogP contribution < -0.4 is 5.32 Å². The molecule has 1 N–H and O–H groups in total. The lowest BCUT2D eigenvalue weighted by Crippen LogP contribution is -2.28. The quantitative estimate of drug-likeness (QED) is 0.302. The van der Waals surface area contributed by atoms with E-state index in [1.807, 2.05) is 0 Å². The molecule has 0 saturated carbocycles. The maximum absolute atomic E-state index is 12.7. The van der Waals surface area contributed by atoms with E-state index in [0.29, 0.717) is 17.0 Å². The van der Waals surface area contributed by atoms with E-state index in [2.05, 4.69) is 5.32 Å². The molecular formula is C27H24N2O7. The number of esters is 1. The van der Waals surface area contributed by atoms with Crippen molar-refractivity contribution in [3.8, 4) is 0 Å². The van der Waals surface area contributed by atoms with Crippen molar-refractivity contribution < 1.29 is 33.1 Å². The van der Waals surface area contributed by atoms with Gasteiger partial charge in [-0.05, 0) is 54.6 Å². The minimum Gasteiger partial charge on any atom is -0.467 e. The molecule has 0 fully saturated rings. The van der Waals surface area contributed by atoms with Crippen LogP contribution in [-0.2, 0) is 16.1 Å². The number of ether oxygens (including phenoxy) is 1. The van der Waals surface area contributed by atoms with Crippen LogP contribution in [0.1, 0.15) is 68.0 Å². The third-order valence-electron chi connectivity index (χ3n) is 5.58. The molecule has 0 bridgehead atoms. The number of nitrogens with one attached hydrogen (secondary N) is 1. The molecule has 1 aliphatic rings. The van der Waals surface area contributed by atoms with Crippen molar-refractivity contribution in [2.45, 2.75) is 27.3 Å². The molecular weight excluding hydrogens is 464 g/mol. The van der Waals surface area contributed by atoms with Gasteiger partial charge >= 0.3 is 5.97 Å². The lowest BCUT2D eigenvalue weighted by molar-refractivity contribution is -0.123. The molecule has 0 aliphatic carbocycles. The van der Waals surface area contributed by atoms with E-state index in [-0.39, 0.29) is 29.1 Å². The number of fused-ring (bicyclic) bond motifs is 1. The van der Waals surface area contributed by atoms with Crippen LogP contribution in [-0.4, -0.2) is 41.0 Å². The monoisotopic (exact) mass is 488 g/mol. The van der Waals surface area contributed by atoms with Gasteiger partial charge < -0.3 is 14.5 Å². The molecule has 2 heterocycles. The summed E-state index contributed by atoms with van der Waals surface area (Å²) in [7, 11) is 0. The number of imide groups is 1. The Bertz CT molecular complexity index is 1350. The van der Waals surface area contributed by atoms with Crippen LogP contribution >= 0.6 is 0 Å².